The van der Waals surface area contributed by atoms with Crippen LogP contribution in [0.3, 0.4) is 0 Å². The minimum absolute atomic E-state index is 0.0571. The third-order valence-electron chi connectivity index (χ3n) is 9.76. The van der Waals surface area contributed by atoms with E-state index in [-0.39, 0.29) is 18.4 Å². The molecule has 1 aliphatic carbocycles. The van der Waals surface area contributed by atoms with E-state index in [0.29, 0.717) is 57.2 Å². The van der Waals surface area contributed by atoms with Gasteiger partial charge in [-0.2, -0.15) is 0 Å². The highest BCUT2D eigenvalue weighted by atomic mass is 16.5. The summed E-state index contributed by atoms with van der Waals surface area (Å²) < 4.78 is 8.72. The van der Waals surface area contributed by atoms with Gasteiger partial charge in [0.2, 0.25) is 11.8 Å². The van der Waals surface area contributed by atoms with Gasteiger partial charge in [-0.15, -0.1) is 0 Å². The molecule has 1 aromatic carbocycles. The number of nitrogens with zero attached hydrogens (tertiary/aromatic N) is 5. The lowest BCUT2D eigenvalue weighted by molar-refractivity contribution is -0.124. The molecule has 3 heterocycles. The summed E-state index contributed by atoms with van der Waals surface area (Å²) >= 11 is 0. The van der Waals surface area contributed by atoms with Gasteiger partial charge in [0.25, 0.3) is 0 Å². The van der Waals surface area contributed by atoms with Gasteiger partial charge >= 0.3 is 6.03 Å². The van der Waals surface area contributed by atoms with Crippen LogP contribution in [0.5, 0.6) is 0 Å². The molecule has 2 aliphatic rings. The molecule has 4 atom stereocenters. The number of ether oxygens (including phenoxy) is 1. The normalized spacial score (nSPS) is 18.0. The Morgan fingerprint density at radius 1 is 1.04 bits per heavy atom. The Balaban J connectivity index is 1.28. The number of aromatic nitrogens is 4. The maximum Gasteiger partial charge on any atom is 0.318 e. The van der Waals surface area contributed by atoms with Crippen LogP contribution in [0.1, 0.15) is 73.2 Å². The fourth-order valence-corrected chi connectivity index (χ4v) is 6.85. The van der Waals surface area contributed by atoms with Crippen LogP contribution in [-0.2, 0) is 35.8 Å². The number of benzene rings is 1. The second-order valence-corrected chi connectivity index (χ2v) is 13.5. The molecule has 0 unspecified atom stereocenters. The molecule has 266 valence electrons. The van der Waals surface area contributed by atoms with Crippen molar-refractivity contribution in [1.82, 2.24) is 34.6 Å². The van der Waals surface area contributed by atoms with Crippen LogP contribution in [0.15, 0.2) is 55.2 Å². The summed E-state index contributed by atoms with van der Waals surface area (Å²) in [5.74, 6) is 0.644. The van der Waals surface area contributed by atoms with E-state index in [2.05, 4.69) is 20.6 Å². The van der Waals surface area contributed by atoms with Crippen molar-refractivity contribution in [2.24, 2.45) is 18.7 Å². The second-order valence-electron chi connectivity index (χ2n) is 13.5. The minimum atomic E-state index is -0.986. The first kappa shape index (κ1) is 36.2. The predicted octanol–water partition coefficient (Wildman–Crippen LogP) is 2.62. The highest BCUT2D eigenvalue weighted by Gasteiger charge is 2.31. The monoisotopic (exact) mass is 676 g/mol. The Morgan fingerprint density at radius 3 is 2.51 bits per heavy atom. The van der Waals surface area contributed by atoms with E-state index in [1.165, 1.54) is 17.3 Å². The van der Waals surface area contributed by atoms with Gasteiger partial charge in [-0.1, -0.05) is 62.4 Å². The second kappa shape index (κ2) is 18.1. The molecule has 13 heteroatoms. The van der Waals surface area contributed by atoms with Crippen molar-refractivity contribution in [2.45, 2.75) is 94.9 Å². The van der Waals surface area contributed by atoms with Crippen molar-refractivity contribution < 1.29 is 24.2 Å². The van der Waals surface area contributed by atoms with Crippen LogP contribution in [0.4, 0.5) is 4.79 Å². The number of nitrogens with one attached hydrogen (secondary N) is 2. The molecule has 0 spiro atoms. The zero-order valence-corrected chi connectivity index (χ0v) is 28.6. The lowest BCUT2D eigenvalue weighted by Crippen LogP contribution is -2.57. The summed E-state index contributed by atoms with van der Waals surface area (Å²) in [5.41, 5.74) is 7.67. The van der Waals surface area contributed by atoms with Crippen molar-refractivity contribution in [1.29, 1.82) is 0 Å². The van der Waals surface area contributed by atoms with Crippen LogP contribution < -0.4 is 16.4 Å². The number of aliphatic hydroxyl groups is 1. The third kappa shape index (κ3) is 10.7. The lowest BCUT2D eigenvalue weighted by Gasteiger charge is -2.32. The average molecular weight is 677 g/mol. The molecular weight excluding hydrogens is 624 g/mol. The number of nitrogens with two attached hydrogens (primary N) is 1. The summed E-state index contributed by atoms with van der Waals surface area (Å²) in [4.78, 5) is 51.0. The van der Waals surface area contributed by atoms with Gasteiger partial charge in [-0.05, 0) is 37.2 Å². The summed E-state index contributed by atoms with van der Waals surface area (Å²) in [6, 6.07) is 6.95. The zero-order chi connectivity index (χ0) is 34.6. The van der Waals surface area contributed by atoms with Gasteiger partial charge in [0, 0.05) is 51.6 Å². The molecule has 1 saturated heterocycles. The number of rotatable bonds is 15. The molecule has 13 nitrogen and oxygen atoms in total. The molecule has 3 aromatic rings. The van der Waals surface area contributed by atoms with E-state index in [9.17, 15) is 19.5 Å². The lowest BCUT2D eigenvalue weighted by atomic mass is 9.83. The number of morpholine rings is 1. The topological polar surface area (TPSA) is 170 Å². The standard InChI is InChI=1S/C36H52N8O5/c1-42-16-15-38-33(42)14-8-13-32(45)30(22-27-11-6-3-7-12-27)40-34(46)31(41-36(48)43-17-19-49-20-18-43)23-28-24-44(25-39-28)35(47)29(37)21-26-9-4-2-5-10-26/h2,4-5,9-10,15-16,24-25,27,29-32,45H,3,6-8,11-14,17-23,37H2,1H3,(H,40,46)(H,41,48)/t29-,30-,31-,32-/m0/s1. The first-order chi connectivity index (χ1) is 23.8. The van der Waals surface area contributed by atoms with Crippen molar-refractivity contribution in [3.63, 3.8) is 0 Å². The highest BCUT2D eigenvalue weighted by Crippen LogP contribution is 2.29. The molecule has 0 bridgehead atoms. The van der Waals surface area contributed by atoms with Crippen molar-refractivity contribution in [3.8, 4) is 0 Å². The molecular formula is C36H52N8O5. The quantitative estimate of drug-likeness (QED) is 0.190. The van der Waals surface area contributed by atoms with Crippen LogP contribution in [0.25, 0.3) is 0 Å². The van der Waals surface area contributed by atoms with Crippen molar-refractivity contribution >= 4 is 17.8 Å². The number of carbonyl (C=O) groups is 3. The fraction of sp³-hybridized carbons (Fsp3) is 0.583. The summed E-state index contributed by atoms with van der Waals surface area (Å²) in [7, 11) is 1.95. The largest absolute Gasteiger partial charge is 0.391 e. The molecule has 1 aliphatic heterocycles. The van der Waals surface area contributed by atoms with Crippen LogP contribution >= 0.6 is 0 Å². The van der Waals surface area contributed by atoms with Gasteiger partial charge in [0.15, 0.2) is 0 Å². The first-order valence-corrected chi connectivity index (χ1v) is 17.7. The van der Waals surface area contributed by atoms with E-state index in [4.69, 9.17) is 10.5 Å². The highest BCUT2D eigenvalue weighted by molar-refractivity contribution is 5.88. The van der Waals surface area contributed by atoms with E-state index >= 15 is 0 Å². The average Bonchev–Trinajstić information content (AvgIpc) is 3.77. The summed E-state index contributed by atoms with van der Waals surface area (Å²) in [6.45, 7) is 1.69. The molecule has 49 heavy (non-hydrogen) atoms. The van der Waals surface area contributed by atoms with Gasteiger partial charge in [0.1, 0.15) is 18.2 Å². The Bertz CT molecular complexity index is 1480. The summed E-state index contributed by atoms with van der Waals surface area (Å²) in [6.07, 6.45) is 14.6. The Labute approximate surface area is 288 Å². The smallest absolute Gasteiger partial charge is 0.318 e. The Hall–Kier alpha value is -4.07. The van der Waals surface area contributed by atoms with Gasteiger partial charge < -0.3 is 35.7 Å². The van der Waals surface area contributed by atoms with Crippen LogP contribution in [-0.4, -0.2) is 97.5 Å². The SMILES string of the molecule is Cn1ccnc1CCC[C@H](O)[C@H](CC1CCCCC1)NC(=O)[C@H](Cc1cn(C(=O)[C@@H](N)Cc2ccccc2)cn1)NC(=O)N1CCOCC1. The number of aryl methyl sites for hydroxylation is 2. The Morgan fingerprint density at radius 2 is 1.80 bits per heavy atom. The fourth-order valence-electron chi connectivity index (χ4n) is 6.85. The van der Waals surface area contributed by atoms with Crippen molar-refractivity contribution in [2.75, 3.05) is 26.3 Å². The maximum atomic E-state index is 14.1. The molecule has 0 radical (unpaired) electrons. The maximum absolute atomic E-state index is 14.1. The number of carbonyl (C=O) groups excluding carboxylic acids is 3. The number of amides is 3. The van der Waals surface area contributed by atoms with Crippen LogP contribution in [0, 0.1) is 5.92 Å². The third-order valence-corrected chi connectivity index (χ3v) is 9.76. The van der Waals surface area contributed by atoms with E-state index in [1.807, 2.05) is 48.1 Å². The summed E-state index contributed by atoms with van der Waals surface area (Å²) in [5, 5.41) is 17.5. The molecule has 2 aromatic heterocycles. The number of hydrogen-bond acceptors (Lipinski definition) is 8. The van der Waals surface area contributed by atoms with Gasteiger partial charge in [0.05, 0.1) is 37.1 Å². The van der Waals surface area contributed by atoms with Gasteiger partial charge in [-0.3, -0.25) is 14.2 Å². The van der Waals surface area contributed by atoms with E-state index < -0.39 is 30.1 Å². The minimum Gasteiger partial charge on any atom is -0.391 e. The van der Waals surface area contributed by atoms with Gasteiger partial charge in [-0.25, -0.2) is 14.8 Å². The number of hydrogen-bond donors (Lipinski definition) is 4. The number of imidazole rings is 2. The molecule has 5 N–H and O–H groups in total. The van der Waals surface area contributed by atoms with Crippen LogP contribution in [0.2, 0.25) is 0 Å². The zero-order valence-electron chi connectivity index (χ0n) is 28.6. The molecule has 5 rings (SSSR count). The first-order valence-electron chi connectivity index (χ1n) is 17.7. The van der Waals surface area contributed by atoms with Crippen molar-refractivity contribution in [3.05, 3.63) is 72.3 Å². The Kier molecular flexibility index (Phi) is 13.4. The predicted molar refractivity (Wildman–Crippen MR) is 185 cm³/mol. The van der Waals surface area contributed by atoms with E-state index in [0.717, 1.165) is 49.9 Å². The molecule has 2 fully saturated rings. The molecule has 1 saturated carbocycles. The molecule has 3 amide bonds. The number of aliphatic hydroxyl groups excluding tert-OH is 1. The van der Waals surface area contributed by atoms with E-state index in [1.54, 1.807) is 17.3 Å². The number of urea groups is 1.